The quantitative estimate of drug-likeness (QED) is 0.892. The van der Waals surface area contributed by atoms with Crippen LogP contribution in [-0.4, -0.2) is 59.4 Å². The average molecular weight is 304 g/mol. The van der Waals surface area contributed by atoms with Gasteiger partial charge in [0.1, 0.15) is 0 Å². The van der Waals surface area contributed by atoms with E-state index in [9.17, 15) is 19.5 Å². The normalized spacial score (nSPS) is 20.7. The first-order valence-corrected chi connectivity index (χ1v) is 7.17. The summed E-state index contributed by atoms with van der Waals surface area (Å²) >= 11 is 0. The number of hydrogen-bond donors (Lipinski definition) is 1. The first-order valence-electron chi connectivity index (χ1n) is 7.17. The molecule has 0 aliphatic carbocycles. The molecule has 0 radical (unpaired) electrons. The maximum atomic E-state index is 12.2. The van der Waals surface area contributed by atoms with E-state index in [1.165, 1.54) is 16.7 Å². The number of rotatable bonds is 4. The van der Waals surface area contributed by atoms with Crippen molar-refractivity contribution in [3.63, 3.8) is 0 Å². The van der Waals surface area contributed by atoms with Crippen molar-refractivity contribution < 1.29 is 19.5 Å². The molecular formula is C16H20N2O4. The molecule has 1 saturated heterocycles. The van der Waals surface area contributed by atoms with Gasteiger partial charge >= 0.3 is 5.97 Å². The lowest BCUT2D eigenvalue weighted by Gasteiger charge is -2.20. The van der Waals surface area contributed by atoms with Crippen molar-refractivity contribution in [1.82, 2.24) is 9.80 Å². The molecule has 2 amide bonds. The summed E-state index contributed by atoms with van der Waals surface area (Å²) in [5, 5.41) is 9.41. The average Bonchev–Trinajstić information content (AvgIpc) is 2.93. The first-order chi connectivity index (χ1) is 10.4. The largest absolute Gasteiger partial charge is 0.481 e. The maximum Gasteiger partial charge on any atom is 0.308 e. The summed E-state index contributed by atoms with van der Waals surface area (Å²) in [6.07, 6.45) is 0. The van der Waals surface area contributed by atoms with E-state index in [0.717, 1.165) is 5.56 Å². The molecule has 0 aromatic heterocycles. The van der Waals surface area contributed by atoms with Crippen molar-refractivity contribution in [3.8, 4) is 0 Å². The fraction of sp³-hybridized carbons (Fsp3) is 0.438. The zero-order valence-electron chi connectivity index (χ0n) is 12.7. The minimum atomic E-state index is -0.899. The van der Waals surface area contributed by atoms with Crippen molar-refractivity contribution in [2.45, 2.75) is 12.8 Å². The summed E-state index contributed by atoms with van der Waals surface area (Å²) in [6.45, 7) is 1.91. The standard InChI is InChI=1S/C16H20N2O4/c1-11(19)17(2)10-15(20)18-8-13(14(9-18)16(21)22)12-6-4-3-5-7-12/h3-7,13-14H,8-10H2,1-2H3,(H,21,22). The van der Waals surface area contributed by atoms with E-state index in [1.807, 2.05) is 30.3 Å². The Kier molecular flexibility index (Phi) is 4.80. The van der Waals surface area contributed by atoms with Crippen molar-refractivity contribution in [2.75, 3.05) is 26.7 Å². The fourth-order valence-electron chi connectivity index (χ4n) is 2.71. The van der Waals surface area contributed by atoms with Gasteiger partial charge in [-0.05, 0) is 5.56 Å². The van der Waals surface area contributed by atoms with Gasteiger partial charge in [-0.15, -0.1) is 0 Å². The van der Waals surface area contributed by atoms with Gasteiger partial charge in [-0.25, -0.2) is 0 Å². The molecule has 1 aromatic carbocycles. The number of benzene rings is 1. The van der Waals surface area contributed by atoms with Crippen LogP contribution in [0.5, 0.6) is 0 Å². The second-order valence-electron chi connectivity index (χ2n) is 5.64. The molecular weight excluding hydrogens is 284 g/mol. The van der Waals surface area contributed by atoms with Gasteiger partial charge in [0.15, 0.2) is 0 Å². The Bertz CT molecular complexity index is 573. The Morgan fingerprint density at radius 2 is 1.86 bits per heavy atom. The van der Waals surface area contributed by atoms with Crippen LogP contribution in [0.25, 0.3) is 0 Å². The molecule has 6 heteroatoms. The molecule has 6 nitrogen and oxygen atoms in total. The Balaban J connectivity index is 2.12. The minimum Gasteiger partial charge on any atom is -0.481 e. The zero-order valence-corrected chi connectivity index (χ0v) is 12.7. The second-order valence-corrected chi connectivity index (χ2v) is 5.64. The number of amides is 2. The number of hydrogen-bond acceptors (Lipinski definition) is 3. The third-order valence-corrected chi connectivity index (χ3v) is 4.13. The maximum absolute atomic E-state index is 12.2. The molecule has 0 saturated carbocycles. The summed E-state index contributed by atoms with van der Waals surface area (Å²) in [5.74, 6) is -2.15. The Labute approximate surface area is 129 Å². The number of likely N-dealkylation sites (N-methyl/N-ethyl adjacent to an activating group) is 1. The highest BCUT2D eigenvalue weighted by Crippen LogP contribution is 2.32. The van der Waals surface area contributed by atoms with Crippen LogP contribution >= 0.6 is 0 Å². The lowest BCUT2D eigenvalue weighted by molar-refractivity contribution is -0.142. The van der Waals surface area contributed by atoms with Gasteiger partial charge in [0.05, 0.1) is 12.5 Å². The second kappa shape index (κ2) is 6.60. The fourth-order valence-corrected chi connectivity index (χ4v) is 2.71. The first kappa shape index (κ1) is 16.0. The van der Waals surface area contributed by atoms with E-state index in [0.29, 0.717) is 6.54 Å². The van der Waals surface area contributed by atoms with Crippen LogP contribution in [0.4, 0.5) is 0 Å². The van der Waals surface area contributed by atoms with Crippen molar-refractivity contribution in [3.05, 3.63) is 35.9 Å². The molecule has 2 unspecified atom stereocenters. The Morgan fingerprint density at radius 3 is 2.41 bits per heavy atom. The SMILES string of the molecule is CC(=O)N(C)CC(=O)N1CC(C(=O)O)C(c2ccccc2)C1. The van der Waals surface area contributed by atoms with Gasteiger partial charge in [-0.1, -0.05) is 30.3 Å². The molecule has 118 valence electrons. The van der Waals surface area contributed by atoms with Crippen molar-refractivity contribution >= 4 is 17.8 Å². The van der Waals surface area contributed by atoms with Crippen LogP contribution in [0.1, 0.15) is 18.4 Å². The van der Waals surface area contributed by atoms with E-state index >= 15 is 0 Å². The highest BCUT2D eigenvalue weighted by atomic mass is 16.4. The molecule has 1 aromatic rings. The summed E-state index contributed by atoms with van der Waals surface area (Å²) in [5.41, 5.74) is 0.921. The van der Waals surface area contributed by atoms with Gasteiger partial charge < -0.3 is 14.9 Å². The molecule has 1 aliphatic rings. The monoisotopic (exact) mass is 304 g/mol. The summed E-state index contributed by atoms with van der Waals surface area (Å²) in [7, 11) is 1.56. The Morgan fingerprint density at radius 1 is 1.23 bits per heavy atom. The van der Waals surface area contributed by atoms with Gasteiger partial charge in [0.2, 0.25) is 11.8 Å². The summed E-state index contributed by atoms with van der Waals surface area (Å²) < 4.78 is 0. The molecule has 0 spiro atoms. The van der Waals surface area contributed by atoms with Crippen LogP contribution in [0.15, 0.2) is 30.3 Å². The number of carboxylic acid groups (broad SMARTS) is 1. The molecule has 1 aliphatic heterocycles. The van der Waals surface area contributed by atoms with Gasteiger partial charge in [-0.2, -0.15) is 0 Å². The van der Waals surface area contributed by atoms with Gasteiger partial charge in [-0.3, -0.25) is 14.4 Å². The number of likely N-dealkylation sites (tertiary alicyclic amines) is 1. The van der Waals surface area contributed by atoms with E-state index in [4.69, 9.17) is 0 Å². The van der Waals surface area contributed by atoms with Crippen molar-refractivity contribution in [1.29, 1.82) is 0 Å². The number of nitrogens with zero attached hydrogens (tertiary/aromatic N) is 2. The molecule has 22 heavy (non-hydrogen) atoms. The van der Waals surface area contributed by atoms with Gasteiger partial charge in [0, 0.05) is 33.0 Å². The highest BCUT2D eigenvalue weighted by molar-refractivity contribution is 5.85. The molecule has 2 rings (SSSR count). The summed E-state index contributed by atoms with van der Waals surface area (Å²) in [6, 6.07) is 9.37. The van der Waals surface area contributed by atoms with E-state index < -0.39 is 11.9 Å². The van der Waals surface area contributed by atoms with Gasteiger partial charge in [0.25, 0.3) is 0 Å². The molecule has 1 fully saturated rings. The summed E-state index contributed by atoms with van der Waals surface area (Å²) in [4.78, 5) is 37.8. The van der Waals surface area contributed by atoms with Crippen LogP contribution in [0.3, 0.4) is 0 Å². The number of carbonyl (C=O) groups excluding carboxylic acids is 2. The van der Waals surface area contributed by atoms with Crippen LogP contribution in [0.2, 0.25) is 0 Å². The zero-order chi connectivity index (χ0) is 16.3. The predicted octanol–water partition coefficient (Wildman–Crippen LogP) is 0.792. The molecule has 1 N–H and O–H groups in total. The molecule has 2 atom stereocenters. The highest BCUT2D eigenvalue weighted by Gasteiger charge is 2.40. The Hall–Kier alpha value is -2.37. The van der Waals surface area contributed by atoms with E-state index in [1.54, 1.807) is 7.05 Å². The van der Waals surface area contributed by atoms with Crippen LogP contribution in [0, 0.1) is 5.92 Å². The smallest absolute Gasteiger partial charge is 0.308 e. The minimum absolute atomic E-state index is 0.0246. The number of carboxylic acids is 1. The lowest BCUT2D eigenvalue weighted by atomic mass is 9.89. The van der Waals surface area contributed by atoms with E-state index in [-0.39, 0.29) is 30.8 Å². The predicted molar refractivity (Wildman–Crippen MR) is 80.2 cm³/mol. The van der Waals surface area contributed by atoms with E-state index in [2.05, 4.69) is 0 Å². The third kappa shape index (κ3) is 3.44. The van der Waals surface area contributed by atoms with Crippen LogP contribution < -0.4 is 0 Å². The third-order valence-electron chi connectivity index (χ3n) is 4.13. The molecule has 0 bridgehead atoms. The number of carbonyl (C=O) groups is 3. The van der Waals surface area contributed by atoms with Crippen molar-refractivity contribution in [2.24, 2.45) is 5.92 Å². The number of aliphatic carboxylic acids is 1. The molecule has 1 heterocycles. The topological polar surface area (TPSA) is 77.9 Å². The lowest BCUT2D eigenvalue weighted by Crippen LogP contribution is -2.39. The van der Waals surface area contributed by atoms with Crippen LogP contribution in [-0.2, 0) is 14.4 Å².